The second-order valence-electron chi connectivity index (χ2n) is 8.82. The molecule has 0 radical (unpaired) electrons. The summed E-state index contributed by atoms with van der Waals surface area (Å²) in [4.78, 5) is 0. The second kappa shape index (κ2) is 6.62. The van der Waals surface area contributed by atoms with Crippen LogP contribution in [0.4, 0.5) is 0 Å². The topological polar surface area (TPSA) is 32.3 Å². The van der Waals surface area contributed by atoms with Crippen molar-refractivity contribution in [3.8, 4) is 5.75 Å². The van der Waals surface area contributed by atoms with Crippen molar-refractivity contribution in [3.05, 3.63) is 29.3 Å². The van der Waals surface area contributed by atoms with E-state index >= 15 is 0 Å². The van der Waals surface area contributed by atoms with Gasteiger partial charge in [-0.3, -0.25) is 0 Å². The molecule has 124 valence electrons. The summed E-state index contributed by atoms with van der Waals surface area (Å²) in [6.45, 7) is 12.6. The lowest BCUT2D eigenvalue weighted by molar-refractivity contribution is 0.283. The molecule has 2 nitrogen and oxygen atoms in total. The second-order valence-corrected chi connectivity index (χ2v) is 8.82. The van der Waals surface area contributed by atoms with Gasteiger partial charge in [0.05, 0.1) is 0 Å². The fourth-order valence-electron chi connectivity index (χ4n) is 3.96. The standard InChI is InChI=1S/C20H33NO/c1-19(2,3)14-20(4,5)16-9-10-18(22)15(12-16)13-17-8-6-7-11-21-17/h9-10,12,17,21-22H,6-8,11,13-14H2,1-5H3. The number of nitrogens with one attached hydrogen (secondary N) is 1. The minimum Gasteiger partial charge on any atom is -0.508 e. The van der Waals surface area contributed by atoms with Gasteiger partial charge in [-0.05, 0) is 60.3 Å². The third-order valence-electron chi connectivity index (χ3n) is 4.71. The van der Waals surface area contributed by atoms with E-state index in [1.807, 2.05) is 6.07 Å². The Hall–Kier alpha value is -1.02. The largest absolute Gasteiger partial charge is 0.508 e. The zero-order chi connectivity index (χ0) is 16.4. The molecule has 0 aliphatic carbocycles. The average molecular weight is 303 g/mol. The first-order valence-corrected chi connectivity index (χ1v) is 8.73. The fraction of sp³-hybridized carbons (Fsp3) is 0.700. The molecule has 1 aliphatic rings. The van der Waals surface area contributed by atoms with Crippen molar-refractivity contribution in [2.45, 2.75) is 78.2 Å². The first-order chi connectivity index (χ1) is 10.2. The summed E-state index contributed by atoms with van der Waals surface area (Å²) in [6, 6.07) is 6.73. The van der Waals surface area contributed by atoms with Gasteiger partial charge in [0, 0.05) is 6.04 Å². The van der Waals surface area contributed by atoms with Crippen LogP contribution in [0.3, 0.4) is 0 Å². The minimum absolute atomic E-state index is 0.126. The summed E-state index contributed by atoms with van der Waals surface area (Å²) in [5, 5.41) is 13.8. The van der Waals surface area contributed by atoms with E-state index in [0.29, 0.717) is 17.2 Å². The van der Waals surface area contributed by atoms with Gasteiger partial charge in [-0.1, -0.05) is 53.2 Å². The number of phenols is 1. The van der Waals surface area contributed by atoms with Gasteiger partial charge in [-0.25, -0.2) is 0 Å². The van der Waals surface area contributed by atoms with E-state index in [9.17, 15) is 5.11 Å². The SMILES string of the molecule is CC(C)(C)CC(C)(C)c1ccc(O)c(CC2CCCCN2)c1. The smallest absolute Gasteiger partial charge is 0.118 e. The highest BCUT2D eigenvalue weighted by Crippen LogP contribution is 2.37. The van der Waals surface area contributed by atoms with Crippen molar-refractivity contribution in [3.63, 3.8) is 0 Å². The van der Waals surface area contributed by atoms with Crippen molar-refractivity contribution < 1.29 is 5.11 Å². The summed E-state index contributed by atoms with van der Waals surface area (Å²) < 4.78 is 0. The van der Waals surface area contributed by atoms with E-state index in [4.69, 9.17) is 0 Å². The molecule has 1 atom stereocenters. The quantitative estimate of drug-likeness (QED) is 0.838. The van der Waals surface area contributed by atoms with Crippen LogP contribution in [-0.2, 0) is 11.8 Å². The highest BCUT2D eigenvalue weighted by molar-refractivity contribution is 5.39. The molecular weight excluding hydrogens is 270 g/mol. The summed E-state index contributed by atoms with van der Waals surface area (Å²) in [5.74, 6) is 0.447. The summed E-state index contributed by atoms with van der Waals surface area (Å²) in [5.41, 5.74) is 2.86. The molecule has 1 saturated heterocycles. The molecule has 1 heterocycles. The first kappa shape index (κ1) is 17.3. The summed E-state index contributed by atoms with van der Waals surface area (Å²) >= 11 is 0. The van der Waals surface area contributed by atoms with Crippen LogP contribution in [0.15, 0.2) is 18.2 Å². The van der Waals surface area contributed by atoms with Gasteiger partial charge in [-0.15, -0.1) is 0 Å². The molecule has 1 aromatic carbocycles. The highest BCUT2D eigenvalue weighted by Gasteiger charge is 2.28. The molecule has 22 heavy (non-hydrogen) atoms. The Balaban J connectivity index is 2.18. The minimum atomic E-state index is 0.126. The zero-order valence-corrected chi connectivity index (χ0v) is 15.0. The van der Waals surface area contributed by atoms with E-state index in [1.54, 1.807) is 0 Å². The molecule has 0 spiro atoms. The van der Waals surface area contributed by atoms with Gasteiger partial charge in [-0.2, -0.15) is 0 Å². The van der Waals surface area contributed by atoms with Crippen molar-refractivity contribution in [1.82, 2.24) is 5.32 Å². The molecule has 1 unspecified atom stereocenters. The molecule has 1 fully saturated rings. The number of rotatable bonds is 4. The highest BCUT2D eigenvalue weighted by atomic mass is 16.3. The monoisotopic (exact) mass is 303 g/mol. The molecule has 0 aromatic heterocycles. The number of hydrogen-bond donors (Lipinski definition) is 2. The van der Waals surface area contributed by atoms with Gasteiger partial charge in [0.1, 0.15) is 5.75 Å². The molecule has 2 rings (SSSR count). The lowest BCUT2D eigenvalue weighted by Gasteiger charge is -2.33. The van der Waals surface area contributed by atoms with Crippen LogP contribution >= 0.6 is 0 Å². The molecular formula is C20H33NO. The van der Waals surface area contributed by atoms with Crippen LogP contribution < -0.4 is 5.32 Å². The Bertz CT molecular complexity index is 493. The van der Waals surface area contributed by atoms with Crippen LogP contribution in [0.2, 0.25) is 0 Å². The van der Waals surface area contributed by atoms with Gasteiger partial charge in [0.2, 0.25) is 0 Å². The predicted molar refractivity (Wildman–Crippen MR) is 94.6 cm³/mol. The summed E-state index contributed by atoms with van der Waals surface area (Å²) in [7, 11) is 0. The maximum Gasteiger partial charge on any atom is 0.118 e. The normalized spacial score (nSPS) is 20.1. The van der Waals surface area contributed by atoms with Gasteiger partial charge >= 0.3 is 0 Å². The summed E-state index contributed by atoms with van der Waals surface area (Å²) in [6.07, 6.45) is 5.86. The van der Waals surface area contributed by atoms with E-state index < -0.39 is 0 Å². The van der Waals surface area contributed by atoms with Crippen molar-refractivity contribution >= 4 is 0 Å². The number of aromatic hydroxyl groups is 1. The number of hydrogen-bond acceptors (Lipinski definition) is 2. The average Bonchev–Trinajstić information content (AvgIpc) is 2.39. The Morgan fingerprint density at radius 3 is 2.45 bits per heavy atom. The van der Waals surface area contributed by atoms with Gasteiger partial charge < -0.3 is 10.4 Å². The van der Waals surface area contributed by atoms with Crippen LogP contribution in [0, 0.1) is 5.41 Å². The third kappa shape index (κ3) is 4.74. The molecule has 2 N–H and O–H groups in total. The van der Waals surface area contributed by atoms with E-state index in [2.05, 4.69) is 52.1 Å². The van der Waals surface area contributed by atoms with Crippen LogP contribution in [0.1, 0.15) is 71.4 Å². The number of piperidine rings is 1. The third-order valence-corrected chi connectivity index (χ3v) is 4.71. The Labute approximate surface area is 136 Å². The van der Waals surface area contributed by atoms with Gasteiger partial charge in [0.25, 0.3) is 0 Å². The lowest BCUT2D eigenvalue weighted by atomic mass is 9.72. The molecule has 0 amide bonds. The first-order valence-electron chi connectivity index (χ1n) is 8.73. The van der Waals surface area contributed by atoms with Crippen LogP contribution in [-0.4, -0.2) is 17.7 Å². The maximum absolute atomic E-state index is 10.2. The maximum atomic E-state index is 10.2. The molecule has 1 aliphatic heterocycles. The van der Waals surface area contributed by atoms with Crippen molar-refractivity contribution in [1.29, 1.82) is 0 Å². The number of benzene rings is 1. The van der Waals surface area contributed by atoms with Crippen LogP contribution in [0.25, 0.3) is 0 Å². The van der Waals surface area contributed by atoms with E-state index in [1.165, 1.54) is 24.8 Å². The predicted octanol–water partition coefficient (Wildman–Crippen LogP) is 4.79. The molecule has 2 heteroatoms. The Morgan fingerprint density at radius 1 is 1.14 bits per heavy atom. The fourth-order valence-corrected chi connectivity index (χ4v) is 3.96. The Morgan fingerprint density at radius 2 is 1.86 bits per heavy atom. The van der Waals surface area contributed by atoms with Crippen LogP contribution in [0.5, 0.6) is 5.75 Å². The van der Waals surface area contributed by atoms with E-state index in [0.717, 1.165) is 24.9 Å². The van der Waals surface area contributed by atoms with Gasteiger partial charge in [0.15, 0.2) is 0 Å². The lowest BCUT2D eigenvalue weighted by Crippen LogP contribution is -2.35. The molecule has 0 saturated carbocycles. The Kier molecular flexibility index (Phi) is 5.21. The van der Waals surface area contributed by atoms with E-state index in [-0.39, 0.29) is 5.41 Å². The number of phenolic OH excluding ortho intramolecular Hbond substituents is 1. The van der Waals surface area contributed by atoms with Crippen molar-refractivity contribution in [2.24, 2.45) is 5.41 Å². The zero-order valence-electron chi connectivity index (χ0n) is 15.0. The molecule has 0 bridgehead atoms. The van der Waals surface area contributed by atoms with Crippen molar-refractivity contribution in [2.75, 3.05) is 6.54 Å². The molecule has 1 aromatic rings.